The number of hydrogen-bond donors (Lipinski definition) is 0. The fourth-order valence-electron chi connectivity index (χ4n) is 1.52. The van der Waals surface area contributed by atoms with Gasteiger partial charge in [0.25, 0.3) is 0 Å². The first-order valence-electron chi connectivity index (χ1n) is 5.23. The van der Waals surface area contributed by atoms with Gasteiger partial charge in [0.2, 0.25) is 0 Å². The molecule has 0 aliphatic carbocycles. The lowest BCUT2D eigenvalue weighted by atomic mass is 10.1. The SMILES string of the molecule is C=Cc1cccc(CN(CC)CC)c1. The molecule has 76 valence electrons. The molecule has 1 aromatic rings. The number of nitrogens with zero attached hydrogens (tertiary/aromatic N) is 1. The summed E-state index contributed by atoms with van der Waals surface area (Å²) in [6.45, 7) is 11.4. The van der Waals surface area contributed by atoms with Gasteiger partial charge in [0.15, 0.2) is 0 Å². The van der Waals surface area contributed by atoms with Crippen LogP contribution in [0.3, 0.4) is 0 Å². The Bertz CT molecular complexity index is 287. The average Bonchev–Trinajstić information content (AvgIpc) is 2.26. The molecule has 0 bridgehead atoms. The van der Waals surface area contributed by atoms with E-state index < -0.39 is 0 Å². The minimum atomic E-state index is 1.04. The van der Waals surface area contributed by atoms with Gasteiger partial charge in [-0.1, -0.05) is 50.8 Å². The summed E-state index contributed by atoms with van der Waals surface area (Å²) in [7, 11) is 0. The van der Waals surface area contributed by atoms with Gasteiger partial charge in [-0.15, -0.1) is 0 Å². The monoisotopic (exact) mass is 189 g/mol. The van der Waals surface area contributed by atoms with Crippen LogP contribution < -0.4 is 0 Å². The smallest absolute Gasteiger partial charge is 0.0233 e. The first-order chi connectivity index (χ1) is 6.80. The predicted octanol–water partition coefficient (Wildman–Crippen LogP) is 3.17. The highest BCUT2D eigenvalue weighted by Gasteiger charge is 2.00. The van der Waals surface area contributed by atoms with Crippen molar-refractivity contribution in [2.45, 2.75) is 20.4 Å². The van der Waals surface area contributed by atoms with Crippen LogP contribution >= 0.6 is 0 Å². The van der Waals surface area contributed by atoms with Gasteiger partial charge in [-0.2, -0.15) is 0 Å². The van der Waals surface area contributed by atoms with Gasteiger partial charge in [0.1, 0.15) is 0 Å². The normalized spacial score (nSPS) is 10.5. The zero-order chi connectivity index (χ0) is 10.4. The maximum atomic E-state index is 3.78. The van der Waals surface area contributed by atoms with Gasteiger partial charge >= 0.3 is 0 Å². The first kappa shape index (κ1) is 11.0. The van der Waals surface area contributed by atoms with E-state index in [-0.39, 0.29) is 0 Å². The van der Waals surface area contributed by atoms with E-state index in [1.54, 1.807) is 0 Å². The highest BCUT2D eigenvalue weighted by atomic mass is 15.1. The van der Waals surface area contributed by atoms with Crippen molar-refractivity contribution in [2.24, 2.45) is 0 Å². The molecule has 14 heavy (non-hydrogen) atoms. The van der Waals surface area contributed by atoms with Gasteiger partial charge in [0.05, 0.1) is 0 Å². The van der Waals surface area contributed by atoms with Gasteiger partial charge in [0, 0.05) is 6.54 Å². The molecule has 0 aliphatic rings. The van der Waals surface area contributed by atoms with E-state index in [0.717, 1.165) is 19.6 Å². The van der Waals surface area contributed by atoms with Crippen LogP contribution in [0.2, 0.25) is 0 Å². The van der Waals surface area contributed by atoms with Crippen molar-refractivity contribution < 1.29 is 0 Å². The Morgan fingerprint density at radius 1 is 1.29 bits per heavy atom. The molecule has 0 N–H and O–H groups in total. The van der Waals surface area contributed by atoms with Crippen LogP contribution in [-0.2, 0) is 6.54 Å². The fraction of sp³-hybridized carbons (Fsp3) is 0.385. The summed E-state index contributed by atoms with van der Waals surface area (Å²) in [5.74, 6) is 0. The summed E-state index contributed by atoms with van der Waals surface area (Å²) in [6, 6.07) is 8.55. The Hall–Kier alpha value is -1.08. The molecule has 0 heterocycles. The summed E-state index contributed by atoms with van der Waals surface area (Å²) in [5.41, 5.74) is 2.57. The largest absolute Gasteiger partial charge is 0.300 e. The quantitative estimate of drug-likeness (QED) is 0.687. The molecule has 0 aliphatic heterocycles. The summed E-state index contributed by atoms with van der Waals surface area (Å²) >= 11 is 0. The van der Waals surface area contributed by atoms with Crippen LogP contribution in [-0.4, -0.2) is 18.0 Å². The van der Waals surface area contributed by atoms with E-state index >= 15 is 0 Å². The van der Waals surface area contributed by atoms with E-state index in [4.69, 9.17) is 0 Å². The molecule has 0 aromatic heterocycles. The zero-order valence-corrected chi connectivity index (χ0v) is 9.16. The molecule has 0 spiro atoms. The lowest BCUT2D eigenvalue weighted by Crippen LogP contribution is -2.22. The van der Waals surface area contributed by atoms with E-state index in [1.807, 2.05) is 6.08 Å². The summed E-state index contributed by atoms with van der Waals surface area (Å²) < 4.78 is 0. The Labute approximate surface area is 87.1 Å². The second kappa shape index (κ2) is 5.61. The Morgan fingerprint density at radius 3 is 2.57 bits per heavy atom. The van der Waals surface area contributed by atoms with Gasteiger partial charge in [-0.25, -0.2) is 0 Å². The summed E-state index contributed by atoms with van der Waals surface area (Å²) in [5, 5.41) is 0. The van der Waals surface area contributed by atoms with Crippen molar-refractivity contribution in [3.63, 3.8) is 0 Å². The third-order valence-corrected chi connectivity index (χ3v) is 2.49. The number of benzene rings is 1. The highest BCUT2D eigenvalue weighted by molar-refractivity contribution is 5.47. The maximum absolute atomic E-state index is 3.78. The van der Waals surface area contributed by atoms with Gasteiger partial charge in [-0.05, 0) is 24.2 Å². The second-order valence-corrected chi connectivity index (χ2v) is 3.41. The minimum absolute atomic E-state index is 1.04. The van der Waals surface area contributed by atoms with Crippen LogP contribution in [0.25, 0.3) is 6.08 Å². The summed E-state index contributed by atoms with van der Waals surface area (Å²) in [6.07, 6.45) is 1.89. The van der Waals surface area contributed by atoms with Crippen LogP contribution in [0.4, 0.5) is 0 Å². The van der Waals surface area contributed by atoms with Crippen molar-refractivity contribution in [2.75, 3.05) is 13.1 Å². The third-order valence-electron chi connectivity index (χ3n) is 2.49. The third kappa shape index (κ3) is 3.00. The Kier molecular flexibility index (Phi) is 4.41. The molecule has 0 unspecified atom stereocenters. The van der Waals surface area contributed by atoms with Crippen molar-refractivity contribution >= 4 is 6.08 Å². The molecule has 0 saturated carbocycles. The molecule has 0 fully saturated rings. The molecule has 0 atom stereocenters. The Balaban J connectivity index is 2.70. The minimum Gasteiger partial charge on any atom is -0.300 e. The predicted molar refractivity (Wildman–Crippen MR) is 63.2 cm³/mol. The van der Waals surface area contributed by atoms with E-state index in [9.17, 15) is 0 Å². The summed E-state index contributed by atoms with van der Waals surface area (Å²) in [4.78, 5) is 2.40. The topological polar surface area (TPSA) is 3.24 Å². The number of rotatable bonds is 5. The molecule has 1 aromatic carbocycles. The van der Waals surface area contributed by atoms with Crippen molar-refractivity contribution in [3.8, 4) is 0 Å². The van der Waals surface area contributed by atoms with Gasteiger partial charge in [-0.3, -0.25) is 4.90 Å². The van der Waals surface area contributed by atoms with Crippen molar-refractivity contribution in [3.05, 3.63) is 42.0 Å². The molecule has 0 radical (unpaired) electrons. The van der Waals surface area contributed by atoms with Crippen molar-refractivity contribution in [1.29, 1.82) is 0 Å². The highest BCUT2D eigenvalue weighted by Crippen LogP contribution is 2.08. The lowest BCUT2D eigenvalue weighted by molar-refractivity contribution is 0.296. The molecule has 1 nitrogen and oxygen atoms in total. The van der Waals surface area contributed by atoms with E-state index in [0.29, 0.717) is 0 Å². The first-order valence-corrected chi connectivity index (χ1v) is 5.23. The molecule has 0 amide bonds. The van der Waals surface area contributed by atoms with Crippen LogP contribution in [0.15, 0.2) is 30.8 Å². The zero-order valence-electron chi connectivity index (χ0n) is 9.16. The van der Waals surface area contributed by atoms with Crippen LogP contribution in [0, 0.1) is 0 Å². The molecule has 0 saturated heterocycles. The molecule has 1 heteroatoms. The fourth-order valence-corrected chi connectivity index (χ4v) is 1.52. The van der Waals surface area contributed by atoms with Crippen LogP contribution in [0.1, 0.15) is 25.0 Å². The van der Waals surface area contributed by atoms with Crippen LogP contribution in [0.5, 0.6) is 0 Å². The molecule has 1 rings (SSSR count). The Morgan fingerprint density at radius 2 is 2.00 bits per heavy atom. The number of hydrogen-bond acceptors (Lipinski definition) is 1. The van der Waals surface area contributed by atoms with Gasteiger partial charge < -0.3 is 0 Å². The van der Waals surface area contributed by atoms with Crippen molar-refractivity contribution in [1.82, 2.24) is 4.90 Å². The standard InChI is InChI=1S/C13H19N/c1-4-12-8-7-9-13(10-12)11-14(5-2)6-3/h4,7-10H,1,5-6,11H2,2-3H3. The lowest BCUT2D eigenvalue weighted by Gasteiger charge is -2.18. The van der Waals surface area contributed by atoms with E-state index in [2.05, 4.69) is 49.6 Å². The average molecular weight is 189 g/mol. The molecular formula is C13H19N. The van der Waals surface area contributed by atoms with E-state index in [1.165, 1.54) is 11.1 Å². The maximum Gasteiger partial charge on any atom is 0.0233 e. The molecular weight excluding hydrogens is 170 g/mol. The second-order valence-electron chi connectivity index (χ2n) is 3.41.